The molecule has 9 rings (SSSR count). The summed E-state index contributed by atoms with van der Waals surface area (Å²) in [6.07, 6.45) is 6.23. The van der Waals surface area contributed by atoms with Gasteiger partial charge < -0.3 is 35.5 Å². The highest BCUT2D eigenvalue weighted by Crippen LogP contribution is 2.46. The SMILES string of the molecule is COc1cc2c(cc1NCCN[C@H]1C[C@@H](c3ccc(N[C@@H]4CCC(=O)NC4=O)cc3)C1)[nH]c1ncnc(-c3cc(C)c([C@@H](C)NC(=O)c4nc(C5(C)CC5)no4)cc3F)c12. The molecule has 1 saturated heterocycles. The fraction of sp³-hybridized carbons (Fsp3) is 0.386. The van der Waals surface area contributed by atoms with E-state index in [-0.39, 0.29) is 23.1 Å². The van der Waals surface area contributed by atoms with Crippen molar-refractivity contribution in [1.82, 2.24) is 41.0 Å². The number of anilines is 2. The Kier molecular flexibility index (Phi) is 10.2. The Morgan fingerprint density at radius 2 is 1.88 bits per heavy atom. The molecule has 0 bridgehead atoms. The van der Waals surface area contributed by atoms with Crippen LogP contribution in [0.1, 0.15) is 97.5 Å². The minimum atomic E-state index is -0.537. The van der Waals surface area contributed by atoms with Gasteiger partial charge in [-0.1, -0.05) is 24.2 Å². The zero-order valence-electron chi connectivity index (χ0n) is 33.9. The zero-order chi connectivity index (χ0) is 41.7. The predicted octanol–water partition coefficient (Wildman–Crippen LogP) is 6.32. The average Bonchev–Trinajstić information content (AvgIpc) is 3.59. The lowest BCUT2D eigenvalue weighted by Crippen LogP contribution is -2.47. The standard InChI is InChI=1S/C44H47FN10O5/c1-22-15-29(31(45)18-28(22)23(2)50-41(58)42-54-43(55-60-42)44(3)11-12-44)38-37-30-19-35(59-4)34(20-33(30)52-39(37)49-21-48-38)47-14-13-46-27-16-25(17-27)24-5-7-26(8-6-24)51-32-9-10-36(56)53-40(32)57/h5-8,15,18-21,23,25,27,32,46-47,51H,9-14,16-17H2,1-4H3,(H,50,58)(H,48,49,52)(H,53,56,57)/t23-,25-,27+,32-/m1/s1. The Labute approximate surface area is 345 Å². The Balaban J connectivity index is 0.824. The summed E-state index contributed by atoms with van der Waals surface area (Å²) < 4.78 is 27.2. The van der Waals surface area contributed by atoms with Crippen LogP contribution < -0.4 is 31.3 Å². The molecule has 0 radical (unpaired) electrons. The number of aromatic amines is 1. The van der Waals surface area contributed by atoms with E-state index in [2.05, 4.69) is 63.8 Å². The molecule has 3 aromatic heterocycles. The van der Waals surface area contributed by atoms with Crippen molar-refractivity contribution in [1.29, 1.82) is 0 Å². The van der Waals surface area contributed by atoms with Gasteiger partial charge in [-0.2, -0.15) is 4.98 Å². The predicted molar refractivity (Wildman–Crippen MR) is 223 cm³/mol. The molecule has 3 amide bonds. The Morgan fingerprint density at radius 1 is 1.08 bits per heavy atom. The largest absolute Gasteiger partial charge is 0.495 e. The molecule has 0 unspecified atom stereocenters. The summed E-state index contributed by atoms with van der Waals surface area (Å²) in [5, 5.41) is 21.1. The molecule has 2 atom stereocenters. The number of halogens is 1. The maximum absolute atomic E-state index is 16.1. The van der Waals surface area contributed by atoms with Crippen LogP contribution >= 0.6 is 0 Å². The molecule has 4 heterocycles. The van der Waals surface area contributed by atoms with Crippen LogP contribution in [0.2, 0.25) is 0 Å². The van der Waals surface area contributed by atoms with Gasteiger partial charge in [-0.25, -0.2) is 14.4 Å². The van der Waals surface area contributed by atoms with E-state index in [1.54, 1.807) is 20.1 Å². The number of hydrogen-bond acceptors (Lipinski definition) is 12. The third-order valence-electron chi connectivity index (χ3n) is 12.3. The first-order chi connectivity index (χ1) is 29.0. The van der Waals surface area contributed by atoms with Crippen molar-refractivity contribution < 1.29 is 28.0 Å². The van der Waals surface area contributed by atoms with Gasteiger partial charge in [0.2, 0.25) is 11.8 Å². The number of piperidine rings is 1. The van der Waals surface area contributed by atoms with Crippen LogP contribution in [-0.2, 0) is 15.0 Å². The molecule has 2 saturated carbocycles. The number of methoxy groups -OCH3 is 1. The van der Waals surface area contributed by atoms with Gasteiger partial charge >= 0.3 is 11.8 Å². The summed E-state index contributed by atoms with van der Waals surface area (Å²) in [6, 6.07) is 14.8. The topological polar surface area (TPSA) is 201 Å². The first kappa shape index (κ1) is 39.1. The van der Waals surface area contributed by atoms with Gasteiger partial charge in [0.15, 0.2) is 5.82 Å². The maximum atomic E-state index is 16.1. The van der Waals surface area contributed by atoms with Crippen molar-refractivity contribution in [3.05, 3.63) is 89.1 Å². The van der Waals surface area contributed by atoms with Crippen molar-refractivity contribution in [3.8, 4) is 17.0 Å². The molecule has 16 heteroatoms. The average molecular weight is 815 g/mol. The van der Waals surface area contributed by atoms with Crippen LogP contribution in [0.4, 0.5) is 15.8 Å². The summed E-state index contributed by atoms with van der Waals surface area (Å²) in [4.78, 5) is 53.2. The van der Waals surface area contributed by atoms with E-state index < -0.39 is 23.8 Å². The normalized spacial score (nSPS) is 20.1. The van der Waals surface area contributed by atoms with Crippen molar-refractivity contribution in [2.24, 2.45) is 0 Å². The number of benzene rings is 3. The number of amides is 3. The van der Waals surface area contributed by atoms with Gasteiger partial charge in [-0.3, -0.25) is 19.7 Å². The number of H-pyrrole nitrogens is 1. The van der Waals surface area contributed by atoms with Crippen molar-refractivity contribution in [3.63, 3.8) is 0 Å². The molecule has 310 valence electrons. The highest BCUT2D eigenvalue weighted by atomic mass is 19.1. The summed E-state index contributed by atoms with van der Waals surface area (Å²) in [7, 11) is 1.62. The lowest BCUT2D eigenvalue weighted by Gasteiger charge is -2.36. The second-order valence-corrected chi connectivity index (χ2v) is 16.6. The van der Waals surface area contributed by atoms with Crippen LogP contribution in [0.3, 0.4) is 0 Å². The zero-order valence-corrected chi connectivity index (χ0v) is 33.9. The monoisotopic (exact) mass is 814 g/mol. The number of carbonyl (C=O) groups is 3. The van der Waals surface area contributed by atoms with Crippen molar-refractivity contribution in [2.75, 3.05) is 30.8 Å². The number of carbonyl (C=O) groups excluding carboxylic acids is 3. The Hall–Kier alpha value is -6.42. The van der Waals surface area contributed by atoms with Gasteiger partial charge in [0, 0.05) is 47.6 Å². The fourth-order valence-corrected chi connectivity index (χ4v) is 8.33. The summed E-state index contributed by atoms with van der Waals surface area (Å²) in [5.74, 6) is 0.0242. The molecule has 3 aliphatic rings. The summed E-state index contributed by atoms with van der Waals surface area (Å²) in [5.41, 5.74) is 6.31. The molecule has 15 nitrogen and oxygen atoms in total. The molecule has 3 aromatic carbocycles. The van der Waals surface area contributed by atoms with E-state index in [4.69, 9.17) is 9.26 Å². The molecule has 0 spiro atoms. The molecule has 6 N–H and O–H groups in total. The summed E-state index contributed by atoms with van der Waals surface area (Å²) in [6.45, 7) is 7.11. The number of hydrogen-bond donors (Lipinski definition) is 6. The van der Waals surface area contributed by atoms with Gasteiger partial charge in [0.05, 0.1) is 35.4 Å². The van der Waals surface area contributed by atoms with E-state index in [1.165, 1.54) is 18.0 Å². The van der Waals surface area contributed by atoms with Crippen LogP contribution in [-0.4, -0.2) is 75.1 Å². The minimum Gasteiger partial charge on any atom is -0.495 e. The molecule has 6 aromatic rings. The maximum Gasteiger partial charge on any atom is 0.315 e. The van der Waals surface area contributed by atoms with Crippen LogP contribution in [0.15, 0.2) is 59.4 Å². The third kappa shape index (κ3) is 7.62. The van der Waals surface area contributed by atoms with Crippen molar-refractivity contribution in [2.45, 2.75) is 88.8 Å². The molecular formula is C44H47FN10O5. The first-order valence-corrected chi connectivity index (χ1v) is 20.4. The fourth-order valence-electron chi connectivity index (χ4n) is 8.33. The van der Waals surface area contributed by atoms with Crippen LogP contribution in [0.25, 0.3) is 33.2 Å². The Bertz CT molecular complexity index is 2630. The third-order valence-corrected chi connectivity index (χ3v) is 12.3. The van der Waals surface area contributed by atoms with E-state index in [0.717, 1.165) is 60.1 Å². The number of ether oxygens (including phenoxy) is 1. The van der Waals surface area contributed by atoms with Crippen molar-refractivity contribution >= 4 is 51.0 Å². The second-order valence-electron chi connectivity index (χ2n) is 16.6. The first-order valence-electron chi connectivity index (χ1n) is 20.4. The number of aromatic nitrogens is 5. The van der Waals surface area contributed by atoms with Gasteiger partial charge in [-0.15, -0.1) is 0 Å². The number of imide groups is 1. The van der Waals surface area contributed by atoms with Gasteiger partial charge in [0.25, 0.3) is 0 Å². The number of rotatable bonds is 14. The molecule has 60 heavy (non-hydrogen) atoms. The highest BCUT2D eigenvalue weighted by molar-refractivity contribution is 6.13. The van der Waals surface area contributed by atoms with E-state index >= 15 is 4.39 Å². The second kappa shape index (κ2) is 15.6. The minimum absolute atomic E-state index is 0.111. The highest BCUT2D eigenvalue weighted by Gasteiger charge is 2.44. The van der Waals surface area contributed by atoms with Crippen LogP contribution in [0.5, 0.6) is 5.75 Å². The summed E-state index contributed by atoms with van der Waals surface area (Å²) >= 11 is 0. The van der Waals surface area contributed by atoms with E-state index in [0.29, 0.717) is 70.8 Å². The smallest absolute Gasteiger partial charge is 0.315 e. The van der Waals surface area contributed by atoms with E-state index in [9.17, 15) is 14.4 Å². The van der Waals surface area contributed by atoms with Gasteiger partial charge in [-0.05, 0) is 105 Å². The number of fused-ring (bicyclic) bond motifs is 3. The lowest BCUT2D eigenvalue weighted by atomic mass is 9.76. The number of nitrogens with zero attached hydrogens (tertiary/aromatic N) is 4. The lowest BCUT2D eigenvalue weighted by molar-refractivity contribution is -0.133. The molecular weight excluding hydrogens is 768 g/mol. The molecule has 1 aliphatic heterocycles. The quantitative estimate of drug-likeness (QED) is 0.0529. The molecule has 2 aliphatic carbocycles. The Morgan fingerprint density at radius 3 is 2.63 bits per heavy atom. The number of nitrogens with one attached hydrogen (secondary N) is 6. The number of aryl methyl sites for hydroxylation is 1. The van der Waals surface area contributed by atoms with Crippen LogP contribution in [0, 0.1) is 12.7 Å². The van der Waals surface area contributed by atoms with Gasteiger partial charge in [0.1, 0.15) is 29.6 Å². The van der Waals surface area contributed by atoms with E-state index in [1.807, 2.05) is 38.1 Å². The molecule has 3 fully saturated rings.